The Bertz CT molecular complexity index is 236. The minimum Gasteiger partial charge on any atom is -0.298 e. The lowest BCUT2D eigenvalue weighted by molar-refractivity contribution is -0.124. The quantitative estimate of drug-likeness (QED) is 0.595. The molecule has 68 valence electrons. The lowest BCUT2D eigenvalue weighted by atomic mass is 9.88. The predicted octanol–water partition coefficient (Wildman–Crippen LogP) is 1.63. The number of hydrogen-bond acceptors (Lipinski definition) is 2. The second-order valence-corrected chi connectivity index (χ2v) is 3.32. The molecule has 2 nitrogen and oxygen atoms in total. The molecule has 0 aromatic heterocycles. The van der Waals surface area contributed by atoms with Crippen LogP contribution in [0.1, 0.15) is 20.8 Å². The molecular formula is C10H17NO. The summed E-state index contributed by atoms with van der Waals surface area (Å²) in [5.41, 5.74) is 3.08. The standard InChI is InChI=1S/C10H17NO/c1-7-8(2)10(4,9(3)12)11(5)6/h1H2,2-6H3. The third-order valence-electron chi connectivity index (χ3n) is 2.58. The van der Waals surface area contributed by atoms with Crippen LogP contribution in [0.3, 0.4) is 0 Å². The number of ketones is 1. The van der Waals surface area contributed by atoms with Crippen molar-refractivity contribution in [1.29, 1.82) is 0 Å². The monoisotopic (exact) mass is 167 g/mol. The zero-order valence-electron chi connectivity index (χ0n) is 8.56. The first-order valence-electron chi connectivity index (χ1n) is 3.93. The average molecular weight is 167 g/mol. The number of nitrogens with zero attached hydrogens (tertiary/aromatic N) is 1. The lowest BCUT2D eigenvalue weighted by Crippen LogP contribution is -2.48. The first kappa shape index (κ1) is 11.2. The van der Waals surface area contributed by atoms with Gasteiger partial charge in [-0.2, -0.15) is 0 Å². The maximum atomic E-state index is 11.4. The zero-order valence-corrected chi connectivity index (χ0v) is 8.56. The zero-order chi connectivity index (χ0) is 9.94. The molecule has 0 bridgehead atoms. The van der Waals surface area contributed by atoms with Crippen molar-refractivity contribution >= 4 is 5.78 Å². The summed E-state index contributed by atoms with van der Waals surface area (Å²) in [5, 5.41) is 0. The minimum absolute atomic E-state index is 0.112. The average Bonchev–Trinajstić information content (AvgIpc) is 2.00. The van der Waals surface area contributed by atoms with Crippen molar-refractivity contribution < 1.29 is 4.79 Å². The Hall–Kier alpha value is -0.850. The van der Waals surface area contributed by atoms with E-state index in [1.807, 2.05) is 32.8 Å². The van der Waals surface area contributed by atoms with Crippen LogP contribution in [0.2, 0.25) is 0 Å². The Morgan fingerprint density at radius 3 is 1.92 bits per heavy atom. The second-order valence-electron chi connectivity index (χ2n) is 3.32. The van der Waals surface area contributed by atoms with Crippen molar-refractivity contribution in [2.24, 2.45) is 0 Å². The van der Waals surface area contributed by atoms with Crippen LogP contribution in [0.5, 0.6) is 0 Å². The van der Waals surface area contributed by atoms with E-state index in [4.69, 9.17) is 0 Å². The molecule has 0 N–H and O–H groups in total. The smallest absolute Gasteiger partial charge is 0.154 e. The summed E-state index contributed by atoms with van der Waals surface area (Å²) < 4.78 is 0. The number of likely N-dealkylation sites (N-methyl/N-ethyl adjacent to an activating group) is 1. The molecule has 0 aromatic carbocycles. The summed E-state index contributed by atoms with van der Waals surface area (Å²) in [6.07, 6.45) is 0. The summed E-state index contributed by atoms with van der Waals surface area (Å²) >= 11 is 0. The van der Waals surface area contributed by atoms with Crippen LogP contribution in [0.15, 0.2) is 17.9 Å². The van der Waals surface area contributed by atoms with Gasteiger partial charge >= 0.3 is 0 Å². The van der Waals surface area contributed by atoms with Crippen LogP contribution >= 0.6 is 0 Å². The van der Waals surface area contributed by atoms with Crippen molar-refractivity contribution in [3.8, 4) is 0 Å². The summed E-state index contributed by atoms with van der Waals surface area (Å²) in [5.74, 6) is 0.112. The molecular weight excluding hydrogens is 150 g/mol. The largest absolute Gasteiger partial charge is 0.298 e. The first-order valence-corrected chi connectivity index (χ1v) is 3.93. The van der Waals surface area contributed by atoms with Gasteiger partial charge in [-0.25, -0.2) is 0 Å². The minimum atomic E-state index is -0.554. The van der Waals surface area contributed by atoms with Crippen LogP contribution in [-0.2, 0) is 4.79 Å². The van der Waals surface area contributed by atoms with Crippen molar-refractivity contribution in [1.82, 2.24) is 4.90 Å². The molecule has 0 saturated carbocycles. The fourth-order valence-electron chi connectivity index (χ4n) is 1.09. The van der Waals surface area contributed by atoms with E-state index in [-0.39, 0.29) is 5.78 Å². The van der Waals surface area contributed by atoms with E-state index in [0.29, 0.717) is 0 Å². The van der Waals surface area contributed by atoms with Crippen molar-refractivity contribution in [2.75, 3.05) is 14.1 Å². The van der Waals surface area contributed by atoms with Gasteiger partial charge in [0.1, 0.15) is 5.54 Å². The van der Waals surface area contributed by atoms with Crippen LogP contribution in [0, 0.1) is 0 Å². The van der Waals surface area contributed by atoms with E-state index >= 15 is 0 Å². The third-order valence-corrected chi connectivity index (χ3v) is 2.58. The van der Waals surface area contributed by atoms with Gasteiger partial charge in [-0.05, 0) is 40.4 Å². The molecule has 0 aliphatic heterocycles. The van der Waals surface area contributed by atoms with Gasteiger partial charge in [0.15, 0.2) is 5.78 Å². The van der Waals surface area contributed by atoms with Crippen molar-refractivity contribution in [2.45, 2.75) is 26.3 Å². The number of Topliss-reactive ketones (excluding diaryl/α,β-unsaturated/α-hetero) is 1. The Kier molecular flexibility index (Phi) is 3.44. The summed E-state index contributed by atoms with van der Waals surface area (Å²) in [6, 6.07) is 0. The van der Waals surface area contributed by atoms with Gasteiger partial charge in [-0.3, -0.25) is 9.69 Å². The van der Waals surface area contributed by atoms with Gasteiger partial charge in [0.05, 0.1) is 0 Å². The van der Waals surface area contributed by atoms with E-state index in [2.05, 4.69) is 12.3 Å². The first-order chi connectivity index (χ1) is 5.37. The Morgan fingerprint density at radius 1 is 1.42 bits per heavy atom. The molecule has 1 atom stereocenters. The van der Waals surface area contributed by atoms with E-state index < -0.39 is 5.54 Å². The molecule has 0 spiro atoms. The normalized spacial score (nSPS) is 15.2. The molecule has 0 rings (SSSR count). The molecule has 0 aliphatic rings. The molecule has 0 radical (unpaired) electrons. The van der Waals surface area contributed by atoms with Gasteiger partial charge in [0.25, 0.3) is 0 Å². The fourth-order valence-corrected chi connectivity index (χ4v) is 1.09. The number of carbonyl (C=O) groups excluding carboxylic acids is 1. The SMILES string of the molecule is C=C=C(C)C(C)(C(C)=O)N(C)C. The lowest BCUT2D eigenvalue weighted by Gasteiger charge is -2.33. The number of rotatable bonds is 3. The van der Waals surface area contributed by atoms with Gasteiger partial charge in [-0.15, -0.1) is 5.73 Å². The summed E-state index contributed by atoms with van der Waals surface area (Å²) in [4.78, 5) is 13.3. The van der Waals surface area contributed by atoms with Crippen LogP contribution < -0.4 is 0 Å². The molecule has 1 unspecified atom stereocenters. The Balaban J connectivity index is 5.15. The van der Waals surface area contributed by atoms with Crippen molar-refractivity contribution in [3.63, 3.8) is 0 Å². The highest BCUT2D eigenvalue weighted by molar-refractivity contribution is 5.89. The Morgan fingerprint density at radius 2 is 1.83 bits per heavy atom. The molecule has 0 saturated heterocycles. The van der Waals surface area contributed by atoms with E-state index in [1.54, 1.807) is 6.92 Å². The summed E-state index contributed by atoms with van der Waals surface area (Å²) in [6.45, 7) is 8.88. The van der Waals surface area contributed by atoms with Crippen LogP contribution in [0.4, 0.5) is 0 Å². The highest BCUT2D eigenvalue weighted by Crippen LogP contribution is 2.21. The number of hydrogen-bond donors (Lipinski definition) is 0. The highest BCUT2D eigenvalue weighted by atomic mass is 16.1. The molecule has 0 heterocycles. The fraction of sp³-hybridized carbons (Fsp3) is 0.600. The maximum Gasteiger partial charge on any atom is 0.154 e. The topological polar surface area (TPSA) is 20.3 Å². The Labute approximate surface area is 74.6 Å². The number of carbonyl (C=O) groups is 1. The maximum absolute atomic E-state index is 11.4. The molecule has 0 aliphatic carbocycles. The molecule has 2 heteroatoms. The predicted molar refractivity (Wildman–Crippen MR) is 51.1 cm³/mol. The third kappa shape index (κ3) is 1.66. The second kappa shape index (κ2) is 3.70. The van der Waals surface area contributed by atoms with E-state index in [1.165, 1.54) is 0 Å². The summed E-state index contributed by atoms with van der Waals surface area (Å²) in [7, 11) is 3.75. The van der Waals surface area contributed by atoms with E-state index in [9.17, 15) is 4.79 Å². The molecule has 0 amide bonds. The van der Waals surface area contributed by atoms with Crippen LogP contribution in [-0.4, -0.2) is 30.3 Å². The molecule has 0 aromatic rings. The van der Waals surface area contributed by atoms with Gasteiger partial charge in [-0.1, -0.05) is 6.58 Å². The highest BCUT2D eigenvalue weighted by Gasteiger charge is 2.33. The van der Waals surface area contributed by atoms with Crippen molar-refractivity contribution in [3.05, 3.63) is 17.9 Å². The van der Waals surface area contributed by atoms with Gasteiger partial charge in [0.2, 0.25) is 0 Å². The van der Waals surface area contributed by atoms with Gasteiger partial charge in [0, 0.05) is 0 Å². The molecule has 0 fully saturated rings. The van der Waals surface area contributed by atoms with E-state index in [0.717, 1.165) is 5.57 Å². The molecule has 12 heavy (non-hydrogen) atoms. The van der Waals surface area contributed by atoms with Gasteiger partial charge < -0.3 is 0 Å². The van der Waals surface area contributed by atoms with Crippen LogP contribution in [0.25, 0.3) is 0 Å².